The summed E-state index contributed by atoms with van der Waals surface area (Å²) < 4.78 is 0. The van der Waals surface area contributed by atoms with Gasteiger partial charge < -0.3 is 4.90 Å². The van der Waals surface area contributed by atoms with Crippen molar-refractivity contribution in [3.8, 4) is 22.3 Å². The van der Waals surface area contributed by atoms with Gasteiger partial charge in [0.2, 0.25) is 0 Å². The molecule has 7 aromatic rings. The molecule has 0 N–H and O–H groups in total. The number of likely N-dealkylation sites (tertiary alicyclic amines) is 1. The van der Waals surface area contributed by atoms with Crippen LogP contribution in [0.15, 0.2) is 146 Å². The van der Waals surface area contributed by atoms with E-state index in [2.05, 4.69) is 174 Å². The minimum Gasteiger partial charge on any atom is -0.372 e. The molecule has 0 spiro atoms. The molecule has 0 amide bonds. The van der Waals surface area contributed by atoms with Gasteiger partial charge in [-0.1, -0.05) is 146 Å². The van der Waals surface area contributed by atoms with Gasteiger partial charge in [-0.3, -0.25) is 4.90 Å². The van der Waals surface area contributed by atoms with Crippen molar-refractivity contribution in [2.45, 2.75) is 51.0 Å². The van der Waals surface area contributed by atoms with Gasteiger partial charge in [0.15, 0.2) is 0 Å². The molecule has 2 aliphatic heterocycles. The number of hydrogen-bond donors (Lipinski definition) is 0. The van der Waals surface area contributed by atoms with Crippen LogP contribution in [0.4, 0.5) is 5.69 Å². The van der Waals surface area contributed by atoms with Crippen LogP contribution in [-0.2, 0) is 0 Å². The molecule has 0 bridgehead atoms. The van der Waals surface area contributed by atoms with Crippen LogP contribution in [0.3, 0.4) is 0 Å². The van der Waals surface area contributed by atoms with Crippen LogP contribution in [0.25, 0.3) is 67.6 Å². The lowest BCUT2D eigenvalue weighted by molar-refractivity contribution is 0.201. The number of anilines is 1. The summed E-state index contributed by atoms with van der Waals surface area (Å²) in [6.45, 7) is 4.65. The second kappa shape index (κ2) is 15.4. The summed E-state index contributed by atoms with van der Waals surface area (Å²) in [5.41, 5.74) is 11.6. The third-order valence-corrected chi connectivity index (χ3v) is 12.6. The summed E-state index contributed by atoms with van der Waals surface area (Å²) in [4.78, 5) is 5.36. The Hall–Kier alpha value is -5.70. The van der Waals surface area contributed by atoms with Gasteiger partial charge in [-0.25, -0.2) is 0 Å². The maximum atomic E-state index is 2.74. The van der Waals surface area contributed by atoms with Crippen molar-refractivity contribution in [1.29, 1.82) is 0 Å². The van der Waals surface area contributed by atoms with E-state index in [0.717, 1.165) is 19.5 Å². The lowest BCUT2D eigenvalue weighted by atomic mass is 9.84. The van der Waals surface area contributed by atoms with Gasteiger partial charge in [0, 0.05) is 24.8 Å². The molecule has 0 saturated carbocycles. The second-order valence-electron chi connectivity index (χ2n) is 16.1. The topological polar surface area (TPSA) is 6.48 Å². The van der Waals surface area contributed by atoms with Crippen LogP contribution < -0.4 is 15.3 Å². The molecule has 2 fully saturated rings. The van der Waals surface area contributed by atoms with E-state index in [-0.39, 0.29) is 0 Å². The predicted octanol–water partition coefficient (Wildman–Crippen LogP) is 11.7. The Balaban J connectivity index is 1.19. The first-order valence-electron chi connectivity index (χ1n) is 21.0. The minimum absolute atomic E-state index is 0.414. The van der Waals surface area contributed by atoms with E-state index >= 15 is 0 Å². The van der Waals surface area contributed by atoms with E-state index in [9.17, 15) is 0 Å². The minimum atomic E-state index is 0.414. The molecule has 3 aliphatic rings. The molecule has 2 saturated heterocycles. The molecule has 2 heterocycles. The number of nitrogens with zero attached hydrogens (tertiary/aromatic N) is 2. The molecule has 56 heavy (non-hydrogen) atoms. The molecular formula is C54H50N2. The van der Waals surface area contributed by atoms with E-state index in [1.807, 2.05) is 0 Å². The van der Waals surface area contributed by atoms with Crippen molar-refractivity contribution in [2.75, 3.05) is 31.1 Å². The van der Waals surface area contributed by atoms with E-state index in [1.165, 1.54) is 134 Å². The van der Waals surface area contributed by atoms with Crippen molar-refractivity contribution in [3.05, 3.63) is 173 Å². The first-order chi connectivity index (χ1) is 27.8. The SMILES string of the molecule is C(=C(c1ccccc1)c1ccccc1)c1ccc(-c2c3c(c(-c4ccc5ccccc5c4)c4cc(N5CCCCC5)ccc24)=CCC(N2CCCCC2)C=3)cc1. The normalized spacial score (nSPS) is 17.2. The highest BCUT2D eigenvalue weighted by Gasteiger charge is 2.24. The van der Waals surface area contributed by atoms with E-state index in [1.54, 1.807) is 0 Å². The quantitative estimate of drug-likeness (QED) is 0.151. The standard InChI is InChI=1S/C54H50N2/c1-5-16-41(17-6-1)50(42-18-7-2-8-19-42)35-39-21-23-43(24-22-39)53-48-29-27-47(56-33-13-4-14-34-56)38-52(48)54(45-26-25-40-15-9-10-20-44(40)36-45)49-30-28-46(37-51(49)53)55-31-11-3-12-32-55/h1-2,5-10,15-27,29-30,35-38,46H,3-4,11-14,28,31-34H2. The van der Waals surface area contributed by atoms with Crippen molar-refractivity contribution >= 4 is 51.0 Å². The Morgan fingerprint density at radius 3 is 1.84 bits per heavy atom. The smallest absolute Gasteiger partial charge is 0.0372 e. The van der Waals surface area contributed by atoms with Gasteiger partial charge >= 0.3 is 0 Å². The molecule has 0 radical (unpaired) electrons. The van der Waals surface area contributed by atoms with Gasteiger partial charge in [0.05, 0.1) is 0 Å². The Morgan fingerprint density at radius 2 is 1.12 bits per heavy atom. The molecule has 1 atom stereocenters. The fourth-order valence-corrected chi connectivity index (χ4v) is 9.70. The highest BCUT2D eigenvalue weighted by Crippen LogP contribution is 2.37. The number of hydrogen-bond acceptors (Lipinski definition) is 2. The predicted molar refractivity (Wildman–Crippen MR) is 240 cm³/mol. The maximum absolute atomic E-state index is 2.74. The van der Waals surface area contributed by atoms with Gasteiger partial charge in [0.1, 0.15) is 0 Å². The Labute approximate surface area is 331 Å². The van der Waals surface area contributed by atoms with Crippen molar-refractivity contribution in [2.24, 2.45) is 0 Å². The first kappa shape index (κ1) is 34.8. The largest absolute Gasteiger partial charge is 0.372 e. The second-order valence-corrected chi connectivity index (χ2v) is 16.1. The molecule has 1 unspecified atom stereocenters. The van der Waals surface area contributed by atoms with Crippen molar-refractivity contribution < 1.29 is 0 Å². The van der Waals surface area contributed by atoms with Gasteiger partial charge in [0.25, 0.3) is 0 Å². The van der Waals surface area contributed by atoms with Gasteiger partial charge in [-0.2, -0.15) is 0 Å². The lowest BCUT2D eigenvalue weighted by Gasteiger charge is -2.34. The number of rotatable bonds is 7. The third-order valence-electron chi connectivity index (χ3n) is 12.6. The first-order valence-corrected chi connectivity index (χ1v) is 21.0. The lowest BCUT2D eigenvalue weighted by Crippen LogP contribution is -2.43. The molecule has 10 rings (SSSR count). The number of benzene rings is 7. The van der Waals surface area contributed by atoms with Crippen LogP contribution in [-0.4, -0.2) is 37.1 Å². The summed E-state index contributed by atoms with van der Waals surface area (Å²) in [5.74, 6) is 0. The summed E-state index contributed by atoms with van der Waals surface area (Å²) >= 11 is 0. The van der Waals surface area contributed by atoms with Crippen LogP contribution in [0.5, 0.6) is 0 Å². The summed E-state index contributed by atoms with van der Waals surface area (Å²) in [6, 6.07) is 54.7. The molecule has 276 valence electrons. The zero-order valence-electron chi connectivity index (χ0n) is 32.3. The van der Waals surface area contributed by atoms with Crippen molar-refractivity contribution in [1.82, 2.24) is 4.90 Å². The molecule has 7 aromatic carbocycles. The highest BCUT2D eigenvalue weighted by molar-refractivity contribution is 6.08. The van der Waals surface area contributed by atoms with Crippen molar-refractivity contribution in [3.63, 3.8) is 0 Å². The zero-order valence-corrected chi connectivity index (χ0v) is 32.3. The molecule has 0 aromatic heterocycles. The van der Waals surface area contributed by atoms with Crippen LogP contribution in [0, 0.1) is 0 Å². The fourth-order valence-electron chi connectivity index (χ4n) is 9.70. The zero-order chi connectivity index (χ0) is 37.3. The van der Waals surface area contributed by atoms with E-state index < -0.39 is 0 Å². The Bertz CT molecular complexity index is 2620. The average Bonchev–Trinajstić information content (AvgIpc) is 3.28. The average molecular weight is 727 g/mol. The van der Waals surface area contributed by atoms with Gasteiger partial charge in [-0.05, 0) is 152 Å². The van der Waals surface area contributed by atoms with Crippen LogP contribution in [0.2, 0.25) is 0 Å². The Morgan fingerprint density at radius 1 is 0.500 bits per heavy atom. The van der Waals surface area contributed by atoms with E-state index in [0.29, 0.717) is 6.04 Å². The molecular weight excluding hydrogens is 677 g/mol. The summed E-state index contributed by atoms with van der Waals surface area (Å²) in [7, 11) is 0. The molecule has 1 aliphatic carbocycles. The van der Waals surface area contributed by atoms with Gasteiger partial charge in [-0.15, -0.1) is 0 Å². The van der Waals surface area contributed by atoms with Crippen LogP contribution in [0.1, 0.15) is 61.6 Å². The Kier molecular flexibility index (Phi) is 9.59. The fraction of sp³-hybridized carbons (Fsp3) is 0.222. The number of fused-ring (bicyclic) bond motifs is 3. The summed E-state index contributed by atoms with van der Waals surface area (Å²) in [5, 5.41) is 8.07. The number of piperidine rings is 2. The van der Waals surface area contributed by atoms with Crippen LogP contribution >= 0.6 is 0 Å². The summed E-state index contributed by atoms with van der Waals surface area (Å²) in [6.07, 6.45) is 16.5. The molecule has 2 nitrogen and oxygen atoms in total. The highest BCUT2D eigenvalue weighted by atomic mass is 15.2. The monoisotopic (exact) mass is 726 g/mol. The molecule has 2 heteroatoms. The third kappa shape index (κ3) is 6.77. The maximum Gasteiger partial charge on any atom is 0.0372 e. The van der Waals surface area contributed by atoms with E-state index in [4.69, 9.17) is 0 Å².